The van der Waals surface area contributed by atoms with Crippen molar-refractivity contribution in [1.29, 1.82) is 0 Å². The van der Waals surface area contributed by atoms with Crippen molar-refractivity contribution < 1.29 is 0 Å². The zero-order chi connectivity index (χ0) is 9.26. The summed E-state index contributed by atoms with van der Waals surface area (Å²) in [7, 11) is 0. The Hall–Kier alpha value is -1.28. The van der Waals surface area contributed by atoms with E-state index in [9.17, 15) is 0 Å². The predicted molar refractivity (Wildman–Crippen MR) is 55.7 cm³/mol. The molecule has 1 aromatic carbocycles. The van der Waals surface area contributed by atoms with Crippen LogP contribution in [0.4, 0.5) is 0 Å². The second-order valence-corrected chi connectivity index (χ2v) is 3.56. The van der Waals surface area contributed by atoms with Crippen LogP contribution in [0.2, 0.25) is 0 Å². The molecule has 0 saturated carbocycles. The van der Waals surface area contributed by atoms with Gasteiger partial charge in [0.1, 0.15) is 0 Å². The van der Waals surface area contributed by atoms with E-state index in [0.717, 1.165) is 6.42 Å². The van der Waals surface area contributed by atoms with Gasteiger partial charge in [0.25, 0.3) is 0 Å². The monoisotopic (exact) mass is 174 g/mol. The van der Waals surface area contributed by atoms with E-state index >= 15 is 0 Å². The first-order valence-electron chi connectivity index (χ1n) is 4.58. The third-order valence-electron chi connectivity index (χ3n) is 2.13. The molecule has 2 nitrogen and oxygen atoms in total. The second kappa shape index (κ2) is 3.23. The molecule has 1 aromatic heterocycles. The van der Waals surface area contributed by atoms with E-state index in [-0.39, 0.29) is 6.04 Å². The molecule has 0 aliphatic rings. The fourth-order valence-electron chi connectivity index (χ4n) is 1.59. The van der Waals surface area contributed by atoms with E-state index in [1.165, 1.54) is 16.6 Å². The summed E-state index contributed by atoms with van der Waals surface area (Å²) in [6, 6.07) is 10.7. The van der Waals surface area contributed by atoms with E-state index in [1.54, 1.807) is 0 Å². The Morgan fingerprint density at radius 3 is 2.85 bits per heavy atom. The fraction of sp³-hybridized carbons (Fsp3) is 0.273. The number of hydrogen-bond acceptors (Lipinski definition) is 1. The van der Waals surface area contributed by atoms with Crippen molar-refractivity contribution in [2.45, 2.75) is 19.4 Å². The van der Waals surface area contributed by atoms with Gasteiger partial charge >= 0.3 is 0 Å². The maximum atomic E-state index is 5.73. The van der Waals surface area contributed by atoms with E-state index in [0.29, 0.717) is 0 Å². The summed E-state index contributed by atoms with van der Waals surface area (Å²) < 4.78 is 0. The second-order valence-electron chi connectivity index (χ2n) is 3.56. The summed E-state index contributed by atoms with van der Waals surface area (Å²) in [5.74, 6) is 0. The number of nitrogens with one attached hydrogen (secondary N) is 1. The van der Waals surface area contributed by atoms with Crippen LogP contribution in [-0.4, -0.2) is 11.0 Å². The number of aromatic nitrogens is 1. The van der Waals surface area contributed by atoms with Gasteiger partial charge in [-0.3, -0.25) is 0 Å². The molecular formula is C11H14N2. The van der Waals surface area contributed by atoms with E-state index < -0.39 is 0 Å². The summed E-state index contributed by atoms with van der Waals surface area (Å²) in [5.41, 5.74) is 8.14. The van der Waals surface area contributed by atoms with Crippen molar-refractivity contribution in [3.8, 4) is 0 Å². The number of rotatable bonds is 2. The molecule has 13 heavy (non-hydrogen) atoms. The zero-order valence-corrected chi connectivity index (χ0v) is 7.75. The highest BCUT2D eigenvalue weighted by Crippen LogP contribution is 2.15. The highest BCUT2D eigenvalue weighted by Gasteiger charge is 2.01. The van der Waals surface area contributed by atoms with Crippen LogP contribution in [0.1, 0.15) is 12.6 Å². The number of nitrogens with two attached hydrogens (primary N) is 1. The molecule has 0 aliphatic heterocycles. The maximum Gasteiger partial charge on any atom is 0.0456 e. The highest BCUT2D eigenvalue weighted by molar-refractivity contribution is 5.80. The summed E-state index contributed by atoms with van der Waals surface area (Å²) >= 11 is 0. The largest absolute Gasteiger partial charge is 0.358 e. The third kappa shape index (κ3) is 1.73. The lowest BCUT2D eigenvalue weighted by atomic mass is 10.2. The maximum absolute atomic E-state index is 5.73. The van der Waals surface area contributed by atoms with Gasteiger partial charge < -0.3 is 10.7 Å². The van der Waals surface area contributed by atoms with Gasteiger partial charge in [-0.1, -0.05) is 18.2 Å². The van der Waals surface area contributed by atoms with Crippen LogP contribution in [0.3, 0.4) is 0 Å². The Morgan fingerprint density at radius 2 is 2.15 bits per heavy atom. The number of benzene rings is 1. The lowest BCUT2D eigenvalue weighted by Crippen LogP contribution is -2.17. The lowest BCUT2D eigenvalue weighted by molar-refractivity contribution is 0.727. The van der Waals surface area contributed by atoms with Crippen molar-refractivity contribution in [2.24, 2.45) is 5.73 Å². The van der Waals surface area contributed by atoms with E-state index in [2.05, 4.69) is 23.2 Å². The van der Waals surface area contributed by atoms with Gasteiger partial charge in [-0.25, -0.2) is 0 Å². The Labute approximate surface area is 77.8 Å². The zero-order valence-electron chi connectivity index (χ0n) is 7.75. The molecule has 0 unspecified atom stereocenters. The van der Waals surface area contributed by atoms with Gasteiger partial charge in [0.15, 0.2) is 0 Å². The molecule has 0 bridgehead atoms. The summed E-state index contributed by atoms with van der Waals surface area (Å²) in [6.45, 7) is 2.02. The Kier molecular flexibility index (Phi) is 2.07. The Morgan fingerprint density at radius 1 is 1.38 bits per heavy atom. The normalized spacial score (nSPS) is 13.4. The standard InChI is InChI=1S/C11H14N2/c1-8(12)6-10-7-9-4-2-3-5-11(9)13-10/h2-5,7-8,13H,6,12H2,1H3/t8-/m0/s1. The third-order valence-corrected chi connectivity index (χ3v) is 2.13. The smallest absolute Gasteiger partial charge is 0.0456 e. The molecule has 0 amide bonds. The van der Waals surface area contributed by atoms with Crippen molar-refractivity contribution in [3.63, 3.8) is 0 Å². The highest BCUT2D eigenvalue weighted by atomic mass is 14.7. The molecule has 2 rings (SSSR count). The average Bonchev–Trinajstić information content (AvgIpc) is 2.44. The van der Waals surface area contributed by atoms with Crippen molar-refractivity contribution >= 4 is 10.9 Å². The average molecular weight is 174 g/mol. The SMILES string of the molecule is C[C@H](N)Cc1cc2ccccc2[nH]1. The molecule has 0 radical (unpaired) electrons. The van der Waals surface area contributed by atoms with Crippen molar-refractivity contribution in [3.05, 3.63) is 36.0 Å². The van der Waals surface area contributed by atoms with Crippen LogP contribution in [0, 0.1) is 0 Å². The van der Waals surface area contributed by atoms with Crippen LogP contribution >= 0.6 is 0 Å². The van der Waals surface area contributed by atoms with E-state index in [4.69, 9.17) is 5.73 Å². The molecule has 1 atom stereocenters. The number of aromatic amines is 1. The number of hydrogen-bond donors (Lipinski definition) is 2. The molecule has 0 fully saturated rings. The van der Waals surface area contributed by atoms with Crippen LogP contribution < -0.4 is 5.73 Å². The molecule has 0 aliphatic carbocycles. The first kappa shape index (κ1) is 8.32. The Balaban J connectivity index is 2.38. The van der Waals surface area contributed by atoms with Crippen molar-refractivity contribution in [1.82, 2.24) is 4.98 Å². The minimum Gasteiger partial charge on any atom is -0.358 e. The molecular weight excluding hydrogens is 160 g/mol. The van der Waals surface area contributed by atoms with Gasteiger partial charge in [-0.05, 0) is 24.4 Å². The fourth-order valence-corrected chi connectivity index (χ4v) is 1.59. The summed E-state index contributed by atoms with van der Waals surface area (Å²) in [4.78, 5) is 3.35. The van der Waals surface area contributed by atoms with Crippen molar-refractivity contribution in [2.75, 3.05) is 0 Å². The molecule has 2 heteroatoms. The molecule has 3 N–H and O–H groups in total. The van der Waals surface area contributed by atoms with Crippen LogP contribution in [0.15, 0.2) is 30.3 Å². The number of fused-ring (bicyclic) bond motifs is 1. The lowest BCUT2D eigenvalue weighted by Gasteiger charge is -2.00. The van der Waals surface area contributed by atoms with Gasteiger partial charge in [-0.2, -0.15) is 0 Å². The predicted octanol–water partition coefficient (Wildman–Crippen LogP) is 2.06. The van der Waals surface area contributed by atoms with Crippen LogP contribution in [-0.2, 0) is 6.42 Å². The van der Waals surface area contributed by atoms with E-state index in [1.807, 2.05) is 19.1 Å². The molecule has 0 spiro atoms. The molecule has 0 saturated heterocycles. The quantitative estimate of drug-likeness (QED) is 0.719. The molecule has 68 valence electrons. The van der Waals surface area contributed by atoms with Crippen LogP contribution in [0.25, 0.3) is 10.9 Å². The summed E-state index contributed by atoms with van der Waals surface area (Å²) in [6.07, 6.45) is 0.911. The summed E-state index contributed by atoms with van der Waals surface area (Å²) in [5, 5.41) is 1.26. The minimum atomic E-state index is 0.216. The molecule has 1 heterocycles. The van der Waals surface area contributed by atoms with Gasteiger partial charge in [0.2, 0.25) is 0 Å². The van der Waals surface area contributed by atoms with Crippen LogP contribution in [0.5, 0.6) is 0 Å². The minimum absolute atomic E-state index is 0.216. The number of para-hydroxylation sites is 1. The molecule has 2 aromatic rings. The number of H-pyrrole nitrogens is 1. The topological polar surface area (TPSA) is 41.8 Å². The first-order valence-corrected chi connectivity index (χ1v) is 4.58. The van der Waals surface area contributed by atoms with Gasteiger partial charge in [-0.15, -0.1) is 0 Å². The first-order chi connectivity index (χ1) is 6.25. The van der Waals surface area contributed by atoms with Gasteiger partial charge in [0.05, 0.1) is 0 Å². The Bertz CT molecular complexity index is 368. The van der Waals surface area contributed by atoms with Gasteiger partial charge in [0, 0.05) is 23.7 Å².